The predicted octanol–water partition coefficient (Wildman–Crippen LogP) is 2.78. The highest BCUT2D eigenvalue weighted by atomic mass is 16.5. The van der Waals surface area contributed by atoms with Crippen molar-refractivity contribution in [3.05, 3.63) is 35.9 Å². The van der Waals surface area contributed by atoms with Gasteiger partial charge >= 0.3 is 0 Å². The average Bonchev–Trinajstić information content (AvgIpc) is 2.54. The van der Waals surface area contributed by atoms with Gasteiger partial charge in [-0.2, -0.15) is 0 Å². The first-order valence-electron chi connectivity index (χ1n) is 5.99. The molecule has 2 rings (SSSR count). The van der Waals surface area contributed by atoms with Crippen LogP contribution in [0.2, 0.25) is 0 Å². The van der Waals surface area contributed by atoms with Crippen molar-refractivity contribution in [3.63, 3.8) is 0 Å². The summed E-state index contributed by atoms with van der Waals surface area (Å²) in [6.07, 6.45) is -0.0604. The van der Waals surface area contributed by atoms with Gasteiger partial charge in [0.2, 0.25) is 0 Å². The zero-order valence-corrected chi connectivity index (χ0v) is 10.1. The maximum absolute atomic E-state index is 10.4. The number of hydrogen-bond donors (Lipinski definition) is 1. The first-order valence-corrected chi connectivity index (χ1v) is 5.99. The smallest absolute Gasteiger partial charge is 0.0846 e. The summed E-state index contributed by atoms with van der Waals surface area (Å²) < 4.78 is 5.77. The van der Waals surface area contributed by atoms with Gasteiger partial charge in [0.25, 0.3) is 0 Å². The number of hydrogen-bond acceptors (Lipinski definition) is 2. The Bertz CT molecular complexity index is 336. The van der Waals surface area contributed by atoms with Crippen LogP contribution < -0.4 is 0 Å². The van der Waals surface area contributed by atoms with Crippen LogP contribution in [0.3, 0.4) is 0 Å². The second-order valence-corrected chi connectivity index (χ2v) is 4.84. The molecule has 1 fully saturated rings. The van der Waals surface area contributed by atoms with Gasteiger partial charge in [0.15, 0.2) is 0 Å². The Morgan fingerprint density at radius 2 is 1.69 bits per heavy atom. The largest absolute Gasteiger partial charge is 0.388 e. The molecule has 0 spiro atoms. The summed E-state index contributed by atoms with van der Waals surface area (Å²) in [7, 11) is 0. The van der Waals surface area contributed by atoms with Crippen LogP contribution in [0.15, 0.2) is 30.3 Å². The fraction of sp³-hybridized carbons (Fsp3) is 0.571. The molecule has 0 aromatic heterocycles. The molecule has 0 bridgehead atoms. The summed E-state index contributed by atoms with van der Waals surface area (Å²) in [6.45, 7) is 6.29. The van der Waals surface area contributed by atoms with Crippen molar-refractivity contribution >= 4 is 0 Å². The monoisotopic (exact) mass is 220 g/mol. The lowest BCUT2D eigenvalue weighted by Crippen LogP contribution is -2.24. The third kappa shape index (κ3) is 2.00. The molecule has 16 heavy (non-hydrogen) atoms. The third-order valence-corrected chi connectivity index (χ3v) is 3.82. The Kier molecular flexibility index (Phi) is 3.31. The first kappa shape index (κ1) is 11.6. The second kappa shape index (κ2) is 4.56. The second-order valence-electron chi connectivity index (χ2n) is 4.84. The van der Waals surface area contributed by atoms with E-state index >= 15 is 0 Å². The van der Waals surface area contributed by atoms with Crippen molar-refractivity contribution in [2.45, 2.75) is 39.1 Å². The Morgan fingerprint density at radius 3 is 2.19 bits per heavy atom. The lowest BCUT2D eigenvalue weighted by atomic mass is 9.82. The van der Waals surface area contributed by atoms with Crippen LogP contribution in [0.25, 0.3) is 0 Å². The van der Waals surface area contributed by atoms with E-state index in [0.717, 1.165) is 5.56 Å². The number of benzene rings is 1. The lowest BCUT2D eigenvalue weighted by Gasteiger charge is -2.24. The van der Waals surface area contributed by atoms with E-state index in [4.69, 9.17) is 4.74 Å². The van der Waals surface area contributed by atoms with E-state index in [9.17, 15) is 5.11 Å². The number of aliphatic hydroxyl groups excluding tert-OH is 1. The Hall–Kier alpha value is -0.860. The summed E-state index contributed by atoms with van der Waals surface area (Å²) in [5, 5.41) is 10.4. The summed E-state index contributed by atoms with van der Waals surface area (Å²) in [5.41, 5.74) is 0.990. The molecule has 2 heteroatoms. The molecule has 1 aromatic rings. The lowest BCUT2D eigenvalue weighted by molar-refractivity contribution is 0.0231. The highest BCUT2D eigenvalue weighted by Gasteiger charge is 2.41. The molecular weight excluding hydrogens is 200 g/mol. The SMILES string of the molecule is CC1OC(C)C(C(O)c2ccccc2)C1C. The van der Waals surface area contributed by atoms with Crippen LogP contribution in [0.1, 0.15) is 32.4 Å². The number of ether oxygens (including phenoxy) is 1. The van der Waals surface area contributed by atoms with Gasteiger partial charge in [0, 0.05) is 5.92 Å². The summed E-state index contributed by atoms with van der Waals surface area (Å²) in [5.74, 6) is 0.586. The van der Waals surface area contributed by atoms with E-state index in [2.05, 4.69) is 20.8 Å². The Balaban J connectivity index is 2.19. The molecule has 1 aliphatic rings. The summed E-state index contributed by atoms with van der Waals surface area (Å²) >= 11 is 0. The van der Waals surface area contributed by atoms with Crippen molar-refractivity contribution < 1.29 is 9.84 Å². The molecule has 0 aliphatic carbocycles. The first-order chi connectivity index (χ1) is 7.61. The average molecular weight is 220 g/mol. The van der Waals surface area contributed by atoms with E-state index in [-0.39, 0.29) is 18.1 Å². The highest BCUT2D eigenvalue weighted by molar-refractivity contribution is 5.19. The molecule has 1 aliphatic heterocycles. The van der Waals surface area contributed by atoms with Crippen LogP contribution in [-0.2, 0) is 4.74 Å². The molecule has 88 valence electrons. The van der Waals surface area contributed by atoms with Crippen LogP contribution in [0.5, 0.6) is 0 Å². The molecular formula is C14H20O2. The van der Waals surface area contributed by atoms with Crippen molar-refractivity contribution in [1.29, 1.82) is 0 Å². The zero-order valence-electron chi connectivity index (χ0n) is 10.1. The molecule has 1 saturated heterocycles. The van der Waals surface area contributed by atoms with Gasteiger partial charge in [-0.1, -0.05) is 37.3 Å². The molecule has 5 atom stereocenters. The van der Waals surface area contributed by atoms with Crippen molar-refractivity contribution in [2.24, 2.45) is 11.8 Å². The van der Waals surface area contributed by atoms with E-state index in [1.807, 2.05) is 30.3 Å². The highest BCUT2D eigenvalue weighted by Crippen LogP contribution is 2.40. The molecule has 2 nitrogen and oxygen atoms in total. The third-order valence-electron chi connectivity index (χ3n) is 3.82. The standard InChI is InChI=1S/C14H20O2/c1-9-10(2)16-11(3)13(9)14(15)12-7-5-4-6-8-12/h4-11,13-15H,1-3H3. The van der Waals surface area contributed by atoms with Gasteiger partial charge in [0.05, 0.1) is 18.3 Å². The van der Waals surface area contributed by atoms with Crippen LogP contribution >= 0.6 is 0 Å². The molecule has 1 N–H and O–H groups in total. The molecule has 0 amide bonds. The van der Waals surface area contributed by atoms with E-state index in [1.165, 1.54) is 0 Å². The minimum absolute atomic E-state index is 0.125. The maximum atomic E-state index is 10.4. The summed E-state index contributed by atoms with van der Waals surface area (Å²) in [6, 6.07) is 9.86. The van der Waals surface area contributed by atoms with Crippen molar-refractivity contribution in [3.8, 4) is 0 Å². The van der Waals surface area contributed by atoms with Crippen LogP contribution in [0.4, 0.5) is 0 Å². The van der Waals surface area contributed by atoms with E-state index < -0.39 is 6.10 Å². The number of rotatable bonds is 2. The Labute approximate surface area is 97.3 Å². The molecule has 1 aromatic carbocycles. The molecule has 0 saturated carbocycles. The predicted molar refractivity (Wildman–Crippen MR) is 64.1 cm³/mol. The fourth-order valence-corrected chi connectivity index (χ4v) is 2.71. The zero-order chi connectivity index (χ0) is 11.7. The molecule has 0 radical (unpaired) electrons. The van der Waals surface area contributed by atoms with Crippen LogP contribution in [0, 0.1) is 11.8 Å². The molecule has 1 heterocycles. The van der Waals surface area contributed by atoms with E-state index in [1.54, 1.807) is 0 Å². The van der Waals surface area contributed by atoms with Gasteiger partial charge in [-0.3, -0.25) is 0 Å². The summed E-state index contributed by atoms with van der Waals surface area (Å²) in [4.78, 5) is 0. The quantitative estimate of drug-likeness (QED) is 0.830. The minimum atomic E-state index is -0.420. The molecule has 5 unspecified atom stereocenters. The van der Waals surface area contributed by atoms with Crippen molar-refractivity contribution in [2.75, 3.05) is 0 Å². The minimum Gasteiger partial charge on any atom is -0.388 e. The maximum Gasteiger partial charge on any atom is 0.0846 e. The van der Waals surface area contributed by atoms with Gasteiger partial charge in [-0.05, 0) is 25.3 Å². The van der Waals surface area contributed by atoms with Gasteiger partial charge in [0.1, 0.15) is 0 Å². The van der Waals surface area contributed by atoms with Crippen LogP contribution in [-0.4, -0.2) is 17.3 Å². The normalized spacial score (nSPS) is 36.2. The van der Waals surface area contributed by atoms with Gasteiger partial charge in [-0.15, -0.1) is 0 Å². The topological polar surface area (TPSA) is 29.5 Å². The fourth-order valence-electron chi connectivity index (χ4n) is 2.71. The van der Waals surface area contributed by atoms with E-state index in [0.29, 0.717) is 5.92 Å². The van der Waals surface area contributed by atoms with Gasteiger partial charge < -0.3 is 9.84 Å². The Morgan fingerprint density at radius 1 is 1.06 bits per heavy atom. The van der Waals surface area contributed by atoms with Gasteiger partial charge in [-0.25, -0.2) is 0 Å². The van der Waals surface area contributed by atoms with Crippen molar-refractivity contribution in [1.82, 2.24) is 0 Å². The number of aliphatic hydroxyl groups is 1.